The minimum atomic E-state index is -0.275. The number of benzene rings is 2. The number of nitrogens with one attached hydrogen (secondary N) is 1. The van der Waals surface area contributed by atoms with E-state index in [1.54, 1.807) is 0 Å². The molecule has 128 valence electrons. The van der Waals surface area contributed by atoms with Gasteiger partial charge in [-0.15, -0.1) is 0 Å². The number of hydrogen-bond acceptors (Lipinski definition) is 3. The van der Waals surface area contributed by atoms with Gasteiger partial charge in [0.2, 0.25) is 5.91 Å². The van der Waals surface area contributed by atoms with Crippen LogP contribution in [0.5, 0.6) is 0 Å². The Bertz CT molecular complexity index is 1010. The first-order valence-electron chi connectivity index (χ1n) is 8.76. The Morgan fingerprint density at radius 3 is 2.62 bits per heavy atom. The number of carbonyl (C=O) groups is 2. The van der Waals surface area contributed by atoms with Crippen LogP contribution in [0.3, 0.4) is 0 Å². The van der Waals surface area contributed by atoms with Gasteiger partial charge in [0.25, 0.3) is 0 Å². The van der Waals surface area contributed by atoms with Crippen LogP contribution in [0, 0.1) is 0 Å². The van der Waals surface area contributed by atoms with Gasteiger partial charge in [0, 0.05) is 23.7 Å². The van der Waals surface area contributed by atoms with E-state index in [-0.39, 0.29) is 30.4 Å². The fourth-order valence-corrected chi connectivity index (χ4v) is 3.83. The monoisotopic (exact) mass is 343 g/mol. The lowest BCUT2D eigenvalue weighted by molar-refractivity contribution is -0.125. The Hall–Kier alpha value is -3.21. The number of fused-ring (bicyclic) bond motifs is 1. The lowest BCUT2D eigenvalue weighted by Gasteiger charge is -2.12. The first kappa shape index (κ1) is 15.1. The van der Waals surface area contributed by atoms with E-state index in [0.717, 1.165) is 23.2 Å². The fourth-order valence-electron chi connectivity index (χ4n) is 3.83. The summed E-state index contributed by atoms with van der Waals surface area (Å²) >= 11 is 0. The van der Waals surface area contributed by atoms with E-state index < -0.39 is 0 Å². The third-order valence-electron chi connectivity index (χ3n) is 5.25. The van der Waals surface area contributed by atoms with Crippen LogP contribution >= 0.6 is 0 Å². The normalized spacial score (nSPS) is 21.9. The third-order valence-corrected chi connectivity index (χ3v) is 5.25. The maximum absolute atomic E-state index is 11.8. The molecule has 0 spiro atoms. The summed E-state index contributed by atoms with van der Waals surface area (Å²) in [5.74, 6) is 0.0553. The predicted molar refractivity (Wildman–Crippen MR) is 98.6 cm³/mol. The van der Waals surface area contributed by atoms with Gasteiger partial charge in [-0.3, -0.25) is 14.7 Å². The molecule has 2 fully saturated rings. The van der Waals surface area contributed by atoms with Crippen LogP contribution in [0.2, 0.25) is 0 Å². The number of amides is 3. The lowest BCUT2D eigenvalue weighted by atomic mass is 10.0. The van der Waals surface area contributed by atoms with Crippen molar-refractivity contribution in [2.24, 2.45) is 0 Å². The van der Waals surface area contributed by atoms with Crippen LogP contribution in [-0.2, 0) is 4.79 Å². The zero-order valence-corrected chi connectivity index (χ0v) is 14.1. The average Bonchev–Trinajstić information content (AvgIpc) is 3.39. The number of urea groups is 1. The van der Waals surface area contributed by atoms with Crippen LogP contribution in [0.15, 0.2) is 60.8 Å². The quantitative estimate of drug-likeness (QED) is 0.742. The molecule has 2 heterocycles. The molecular weight excluding hydrogens is 326 g/mol. The standard InChI is InChI=1S/C21H17N3O2/c25-20-12-23-21(26)24(20)19-10-17(19)14-8-9-18(22-11-14)16-7-3-5-13-4-1-2-6-15(13)16/h1-9,11,17,19H,10,12H2,(H,23,26). The number of nitrogens with zero attached hydrogens (tertiary/aromatic N) is 2. The molecule has 26 heavy (non-hydrogen) atoms. The topological polar surface area (TPSA) is 62.3 Å². The molecule has 0 bridgehead atoms. The van der Waals surface area contributed by atoms with Gasteiger partial charge < -0.3 is 5.32 Å². The minimum Gasteiger partial charge on any atom is -0.329 e. The van der Waals surface area contributed by atoms with Crippen LogP contribution in [-0.4, -0.2) is 34.4 Å². The van der Waals surface area contributed by atoms with Crippen molar-refractivity contribution in [2.75, 3.05) is 6.54 Å². The molecular formula is C21H17N3O2. The van der Waals surface area contributed by atoms with E-state index >= 15 is 0 Å². The number of aromatic nitrogens is 1. The average molecular weight is 343 g/mol. The fraction of sp³-hybridized carbons (Fsp3) is 0.190. The highest BCUT2D eigenvalue weighted by atomic mass is 16.2. The second-order valence-corrected chi connectivity index (χ2v) is 6.84. The Morgan fingerprint density at radius 2 is 1.85 bits per heavy atom. The van der Waals surface area contributed by atoms with Gasteiger partial charge in [-0.05, 0) is 28.8 Å². The van der Waals surface area contributed by atoms with Crippen LogP contribution in [0.25, 0.3) is 22.0 Å². The molecule has 1 aliphatic heterocycles. The van der Waals surface area contributed by atoms with E-state index in [1.165, 1.54) is 15.7 Å². The maximum atomic E-state index is 11.8. The van der Waals surface area contributed by atoms with Crippen molar-refractivity contribution in [3.63, 3.8) is 0 Å². The molecule has 1 N–H and O–H groups in total. The van der Waals surface area contributed by atoms with Crippen molar-refractivity contribution in [1.82, 2.24) is 15.2 Å². The van der Waals surface area contributed by atoms with Gasteiger partial charge in [0.15, 0.2) is 0 Å². The number of carbonyl (C=O) groups excluding carboxylic acids is 2. The molecule has 1 saturated carbocycles. The Kier molecular flexibility index (Phi) is 3.28. The predicted octanol–water partition coefficient (Wildman–Crippen LogP) is 3.31. The SMILES string of the molecule is O=C1CNC(=O)N1C1CC1c1ccc(-c2cccc3ccccc23)nc1. The highest BCUT2D eigenvalue weighted by molar-refractivity contribution is 6.02. The molecule has 2 aromatic carbocycles. The van der Waals surface area contributed by atoms with E-state index in [4.69, 9.17) is 0 Å². The minimum absolute atomic E-state index is 0.0322. The lowest BCUT2D eigenvalue weighted by Crippen LogP contribution is -2.33. The highest BCUT2D eigenvalue weighted by Gasteiger charge is 2.49. The van der Waals surface area contributed by atoms with Crippen LogP contribution in [0.4, 0.5) is 4.79 Å². The van der Waals surface area contributed by atoms with Crippen molar-refractivity contribution in [1.29, 1.82) is 0 Å². The number of hydrogen-bond donors (Lipinski definition) is 1. The summed E-state index contributed by atoms with van der Waals surface area (Å²) in [5, 5.41) is 4.95. The molecule has 1 saturated heterocycles. The second-order valence-electron chi connectivity index (χ2n) is 6.84. The number of imide groups is 1. The second kappa shape index (κ2) is 5.66. The van der Waals surface area contributed by atoms with Gasteiger partial charge >= 0.3 is 6.03 Å². The third kappa shape index (κ3) is 2.36. The first-order chi connectivity index (χ1) is 12.7. The Balaban J connectivity index is 1.42. The largest absolute Gasteiger partial charge is 0.329 e. The highest BCUT2D eigenvalue weighted by Crippen LogP contribution is 2.45. The van der Waals surface area contributed by atoms with Crippen molar-refractivity contribution in [2.45, 2.75) is 18.4 Å². The van der Waals surface area contributed by atoms with E-state index in [9.17, 15) is 9.59 Å². The van der Waals surface area contributed by atoms with Crippen molar-refractivity contribution < 1.29 is 9.59 Å². The zero-order chi connectivity index (χ0) is 17.7. The zero-order valence-electron chi connectivity index (χ0n) is 14.1. The Morgan fingerprint density at radius 1 is 1.00 bits per heavy atom. The summed E-state index contributed by atoms with van der Waals surface area (Å²) in [6.07, 6.45) is 2.69. The summed E-state index contributed by atoms with van der Waals surface area (Å²) in [7, 11) is 0. The smallest absolute Gasteiger partial charge is 0.324 e. The molecule has 2 atom stereocenters. The summed E-state index contributed by atoms with van der Waals surface area (Å²) in [6, 6.07) is 18.3. The summed E-state index contributed by atoms with van der Waals surface area (Å²) < 4.78 is 0. The van der Waals surface area contributed by atoms with Crippen LogP contribution in [0.1, 0.15) is 17.9 Å². The molecule has 1 aromatic heterocycles. The van der Waals surface area contributed by atoms with Crippen molar-refractivity contribution in [3.8, 4) is 11.3 Å². The maximum Gasteiger partial charge on any atom is 0.324 e. The summed E-state index contributed by atoms with van der Waals surface area (Å²) in [6.45, 7) is 0.111. The molecule has 3 amide bonds. The van der Waals surface area contributed by atoms with Crippen molar-refractivity contribution in [3.05, 3.63) is 66.4 Å². The van der Waals surface area contributed by atoms with E-state index in [1.807, 2.05) is 30.5 Å². The van der Waals surface area contributed by atoms with Crippen molar-refractivity contribution >= 4 is 22.7 Å². The summed E-state index contributed by atoms with van der Waals surface area (Å²) in [4.78, 5) is 29.6. The molecule has 5 nitrogen and oxygen atoms in total. The number of rotatable bonds is 3. The number of pyridine rings is 1. The Labute approximate surface area is 150 Å². The van der Waals surface area contributed by atoms with Gasteiger partial charge in [-0.25, -0.2) is 4.79 Å². The summed E-state index contributed by atoms with van der Waals surface area (Å²) in [5.41, 5.74) is 3.11. The molecule has 5 rings (SSSR count). The molecule has 3 aromatic rings. The van der Waals surface area contributed by atoms with E-state index in [2.05, 4.69) is 40.6 Å². The van der Waals surface area contributed by atoms with Gasteiger partial charge in [-0.2, -0.15) is 0 Å². The van der Waals surface area contributed by atoms with E-state index in [0.29, 0.717) is 0 Å². The van der Waals surface area contributed by atoms with Gasteiger partial charge in [-0.1, -0.05) is 48.5 Å². The molecule has 2 unspecified atom stereocenters. The molecule has 1 aliphatic carbocycles. The van der Waals surface area contributed by atoms with Gasteiger partial charge in [0.05, 0.1) is 12.2 Å². The molecule has 2 aliphatic rings. The first-order valence-corrected chi connectivity index (χ1v) is 8.76. The molecule has 5 heteroatoms. The van der Waals surface area contributed by atoms with Crippen LogP contribution < -0.4 is 5.32 Å². The molecule has 0 radical (unpaired) electrons. The van der Waals surface area contributed by atoms with Gasteiger partial charge in [0.1, 0.15) is 0 Å².